The topological polar surface area (TPSA) is 70.9 Å². The summed E-state index contributed by atoms with van der Waals surface area (Å²) in [6.45, 7) is 1.48. The first-order chi connectivity index (χ1) is 15.4. The molecule has 0 bridgehead atoms. The lowest BCUT2D eigenvalue weighted by atomic mass is 9.86. The lowest BCUT2D eigenvalue weighted by molar-refractivity contribution is -0.275. The first-order valence-corrected chi connectivity index (χ1v) is 10.7. The van der Waals surface area contributed by atoms with Gasteiger partial charge in [0, 0.05) is 17.5 Å². The Balaban J connectivity index is 1.62. The van der Waals surface area contributed by atoms with Crippen LogP contribution in [0.4, 0.5) is 17.6 Å². The molecule has 1 saturated carbocycles. The number of oxime groups is 1. The number of benzene rings is 2. The molecule has 1 fully saturated rings. The molecule has 0 saturated heterocycles. The number of carbonyl (C=O) groups excluding carboxylic acids is 1. The lowest BCUT2D eigenvalue weighted by Gasteiger charge is -2.29. The van der Waals surface area contributed by atoms with E-state index in [9.17, 15) is 27.5 Å². The number of hydrogen-bond donors (Lipinski definition) is 2. The zero-order chi connectivity index (χ0) is 24.2. The van der Waals surface area contributed by atoms with Crippen molar-refractivity contribution in [2.45, 2.75) is 43.5 Å². The van der Waals surface area contributed by atoms with E-state index in [-0.39, 0.29) is 18.2 Å². The van der Waals surface area contributed by atoms with Crippen molar-refractivity contribution in [2.24, 2.45) is 5.16 Å². The first kappa shape index (κ1) is 23.8. The molecule has 0 radical (unpaired) electrons. The second kappa shape index (κ2) is 8.14. The number of aliphatic hydroxyl groups is 1. The fraction of sp³-hybridized carbons (Fsp3) is 0.364. The van der Waals surface area contributed by atoms with Gasteiger partial charge in [-0.15, -0.1) is 0 Å². The van der Waals surface area contributed by atoms with Crippen molar-refractivity contribution in [2.75, 3.05) is 6.61 Å². The van der Waals surface area contributed by atoms with Crippen LogP contribution in [0.15, 0.2) is 35.5 Å². The molecule has 1 atom stereocenters. The Morgan fingerprint density at radius 1 is 1.21 bits per heavy atom. The molecule has 1 heterocycles. The number of amides is 1. The zero-order valence-electron chi connectivity index (χ0n) is 17.2. The third kappa shape index (κ3) is 4.18. The van der Waals surface area contributed by atoms with Gasteiger partial charge in [-0.2, -0.15) is 13.2 Å². The summed E-state index contributed by atoms with van der Waals surface area (Å²) in [5.74, 6) is -1.41. The molecule has 11 heteroatoms. The highest BCUT2D eigenvalue weighted by molar-refractivity contribution is 6.35. The molecule has 1 aliphatic carbocycles. The molecule has 33 heavy (non-hydrogen) atoms. The van der Waals surface area contributed by atoms with Crippen LogP contribution in [-0.4, -0.2) is 35.0 Å². The predicted molar refractivity (Wildman–Crippen MR) is 114 cm³/mol. The van der Waals surface area contributed by atoms with E-state index >= 15 is 0 Å². The summed E-state index contributed by atoms with van der Waals surface area (Å²) < 4.78 is 56.2. The van der Waals surface area contributed by atoms with Crippen LogP contribution in [0.5, 0.6) is 0 Å². The summed E-state index contributed by atoms with van der Waals surface area (Å²) in [4.78, 5) is 17.5. The standard InChI is InChI=1S/C22H18Cl2F4N2O3/c1-11-6-12(2-3-14(11)19(32)29-20(10-31)4-5-20)17-9-21(33-30-17,22(26,27)28)13-7-15(23)18(25)16(24)8-13/h2-3,6-8,31H,4-5,9-10H2,1H3,(H,29,32). The summed E-state index contributed by atoms with van der Waals surface area (Å²) in [6.07, 6.45) is -4.26. The van der Waals surface area contributed by atoms with Gasteiger partial charge in [-0.05, 0) is 55.2 Å². The van der Waals surface area contributed by atoms with Gasteiger partial charge in [0.25, 0.3) is 11.5 Å². The van der Waals surface area contributed by atoms with Crippen molar-refractivity contribution in [1.29, 1.82) is 0 Å². The quantitative estimate of drug-likeness (QED) is 0.430. The van der Waals surface area contributed by atoms with E-state index in [0.717, 1.165) is 12.1 Å². The van der Waals surface area contributed by atoms with Gasteiger partial charge in [0.15, 0.2) is 5.82 Å². The average Bonchev–Trinajstić information content (AvgIpc) is 3.35. The van der Waals surface area contributed by atoms with Gasteiger partial charge in [-0.25, -0.2) is 4.39 Å². The molecule has 2 N–H and O–H groups in total. The fourth-order valence-electron chi connectivity index (χ4n) is 3.73. The minimum Gasteiger partial charge on any atom is -0.394 e. The molecule has 1 unspecified atom stereocenters. The Labute approximate surface area is 196 Å². The second-order valence-electron chi connectivity index (χ2n) is 8.31. The van der Waals surface area contributed by atoms with E-state index in [1.54, 1.807) is 6.92 Å². The summed E-state index contributed by atoms with van der Waals surface area (Å²) in [6, 6.07) is 6.13. The third-order valence-corrected chi connectivity index (χ3v) is 6.53. The number of hydrogen-bond acceptors (Lipinski definition) is 4. The van der Waals surface area contributed by atoms with E-state index < -0.39 is 45.2 Å². The zero-order valence-corrected chi connectivity index (χ0v) is 18.7. The van der Waals surface area contributed by atoms with Gasteiger partial charge in [-0.1, -0.05) is 34.4 Å². The Morgan fingerprint density at radius 3 is 2.36 bits per heavy atom. The number of aryl methyl sites for hydroxylation is 1. The van der Waals surface area contributed by atoms with Gasteiger partial charge < -0.3 is 15.3 Å². The summed E-state index contributed by atoms with van der Waals surface area (Å²) in [7, 11) is 0. The Kier molecular flexibility index (Phi) is 5.87. The van der Waals surface area contributed by atoms with Crippen molar-refractivity contribution in [3.05, 3.63) is 68.4 Å². The van der Waals surface area contributed by atoms with Crippen LogP contribution in [0.2, 0.25) is 10.0 Å². The number of rotatable bonds is 5. The van der Waals surface area contributed by atoms with E-state index in [2.05, 4.69) is 10.5 Å². The average molecular weight is 505 g/mol. The first-order valence-electron chi connectivity index (χ1n) is 9.93. The maximum Gasteiger partial charge on any atom is 0.435 e. The highest BCUT2D eigenvalue weighted by Crippen LogP contribution is 2.50. The number of halogens is 6. The predicted octanol–water partition coefficient (Wildman–Crippen LogP) is 5.28. The van der Waals surface area contributed by atoms with E-state index in [1.807, 2.05) is 0 Å². The monoisotopic (exact) mass is 504 g/mol. The fourth-order valence-corrected chi connectivity index (χ4v) is 4.21. The minimum absolute atomic E-state index is 0.00651. The molecule has 0 aromatic heterocycles. The van der Waals surface area contributed by atoms with Crippen molar-refractivity contribution >= 4 is 34.8 Å². The van der Waals surface area contributed by atoms with E-state index in [4.69, 9.17) is 28.0 Å². The lowest BCUT2D eigenvalue weighted by Crippen LogP contribution is -2.42. The van der Waals surface area contributed by atoms with E-state index in [0.29, 0.717) is 29.5 Å². The van der Waals surface area contributed by atoms with Crippen LogP contribution in [0.1, 0.15) is 46.3 Å². The second-order valence-corrected chi connectivity index (χ2v) is 9.12. The number of aliphatic hydroxyl groups excluding tert-OH is 1. The maximum atomic E-state index is 14.1. The largest absolute Gasteiger partial charge is 0.435 e. The van der Waals surface area contributed by atoms with E-state index in [1.165, 1.54) is 18.2 Å². The smallest absolute Gasteiger partial charge is 0.394 e. The maximum absolute atomic E-state index is 14.1. The summed E-state index contributed by atoms with van der Waals surface area (Å²) in [5.41, 5.74) is -2.80. The molecular weight excluding hydrogens is 487 g/mol. The van der Waals surface area contributed by atoms with Crippen molar-refractivity contribution in [3.8, 4) is 0 Å². The Morgan fingerprint density at radius 2 is 1.85 bits per heavy atom. The molecule has 0 spiro atoms. The molecule has 1 amide bonds. The van der Waals surface area contributed by atoms with Crippen LogP contribution >= 0.6 is 23.2 Å². The van der Waals surface area contributed by atoms with Crippen LogP contribution in [0.3, 0.4) is 0 Å². The SMILES string of the molecule is Cc1cc(C2=NOC(c3cc(Cl)c(F)c(Cl)c3)(C(F)(F)F)C2)ccc1C(=O)NC1(CO)CC1. The van der Waals surface area contributed by atoms with Crippen molar-refractivity contribution in [1.82, 2.24) is 5.32 Å². The summed E-state index contributed by atoms with van der Waals surface area (Å²) >= 11 is 11.4. The molecule has 5 nitrogen and oxygen atoms in total. The number of nitrogens with zero attached hydrogens (tertiary/aromatic N) is 1. The molecule has 2 aromatic rings. The minimum atomic E-state index is -4.92. The molecule has 2 aromatic carbocycles. The highest BCUT2D eigenvalue weighted by Gasteiger charge is 2.62. The van der Waals surface area contributed by atoms with Crippen molar-refractivity contribution < 1.29 is 32.3 Å². The van der Waals surface area contributed by atoms with Gasteiger partial charge in [-0.3, -0.25) is 4.79 Å². The van der Waals surface area contributed by atoms with Gasteiger partial charge in [0.05, 0.1) is 27.9 Å². The Bertz CT molecular complexity index is 1140. The van der Waals surface area contributed by atoms with Crippen LogP contribution in [0, 0.1) is 12.7 Å². The highest BCUT2D eigenvalue weighted by atomic mass is 35.5. The van der Waals surface area contributed by atoms with Gasteiger partial charge in [0.1, 0.15) is 0 Å². The number of alkyl halides is 3. The molecule has 4 rings (SSSR count). The van der Waals surface area contributed by atoms with Gasteiger partial charge >= 0.3 is 6.18 Å². The number of nitrogens with one attached hydrogen (secondary N) is 1. The number of carbonyl (C=O) groups is 1. The molecule has 2 aliphatic rings. The normalized spacial score (nSPS) is 21.4. The molecular formula is C22H18Cl2F4N2O3. The molecule has 1 aliphatic heterocycles. The summed E-state index contributed by atoms with van der Waals surface area (Å²) in [5, 5.41) is 14.7. The van der Waals surface area contributed by atoms with Crippen LogP contribution < -0.4 is 5.32 Å². The molecule has 176 valence electrons. The van der Waals surface area contributed by atoms with Crippen molar-refractivity contribution in [3.63, 3.8) is 0 Å². The Hall–Kier alpha value is -2.36. The van der Waals surface area contributed by atoms with Crippen LogP contribution in [0.25, 0.3) is 0 Å². The third-order valence-electron chi connectivity index (χ3n) is 5.98. The van der Waals surface area contributed by atoms with Gasteiger partial charge in [0.2, 0.25) is 0 Å². The van der Waals surface area contributed by atoms with Crippen LogP contribution in [-0.2, 0) is 10.4 Å².